The van der Waals surface area contributed by atoms with Gasteiger partial charge in [0.1, 0.15) is 5.82 Å². The number of nitrogens with zero attached hydrogens (tertiary/aromatic N) is 3. The third kappa shape index (κ3) is 2.05. The summed E-state index contributed by atoms with van der Waals surface area (Å²) in [5.74, 6) is 0.330. The Morgan fingerprint density at radius 1 is 1.19 bits per heavy atom. The van der Waals surface area contributed by atoms with Crippen molar-refractivity contribution in [2.45, 2.75) is 6.18 Å². The van der Waals surface area contributed by atoms with E-state index in [-0.39, 0.29) is 5.52 Å². The van der Waals surface area contributed by atoms with Gasteiger partial charge in [0.25, 0.3) is 0 Å². The van der Waals surface area contributed by atoms with Crippen LogP contribution in [0.3, 0.4) is 0 Å². The number of halogens is 3. The van der Waals surface area contributed by atoms with Crippen LogP contribution in [-0.2, 0) is 20.3 Å². The highest BCUT2D eigenvalue weighted by Crippen LogP contribution is 2.39. The molecular formula is C14H13F3N4. The highest BCUT2D eigenvalue weighted by atomic mass is 19.4. The largest absolute Gasteiger partial charge is 0.418 e. The van der Waals surface area contributed by atoms with Crippen molar-refractivity contribution in [1.29, 1.82) is 0 Å². The predicted molar refractivity (Wildman–Crippen MR) is 74.5 cm³/mol. The molecule has 0 spiro atoms. The SMILES string of the molecule is Cn1nc(N)cc1-c1cn(C)c2c(C(F)(F)F)cccc12. The number of aromatic nitrogens is 3. The molecule has 0 aliphatic carbocycles. The molecule has 2 aromatic heterocycles. The van der Waals surface area contributed by atoms with Crippen LogP contribution in [0.5, 0.6) is 0 Å². The summed E-state index contributed by atoms with van der Waals surface area (Å²) in [6, 6.07) is 5.82. The van der Waals surface area contributed by atoms with Gasteiger partial charge in [-0.05, 0) is 6.07 Å². The number of para-hydroxylation sites is 1. The third-order valence-corrected chi connectivity index (χ3v) is 3.48. The van der Waals surface area contributed by atoms with Gasteiger partial charge in [0, 0.05) is 37.3 Å². The Balaban J connectivity index is 2.35. The first-order valence-corrected chi connectivity index (χ1v) is 6.24. The molecular weight excluding hydrogens is 281 g/mol. The van der Waals surface area contributed by atoms with E-state index in [1.165, 1.54) is 10.6 Å². The van der Waals surface area contributed by atoms with Gasteiger partial charge in [-0.3, -0.25) is 4.68 Å². The fourth-order valence-electron chi connectivity index (χ4n) is 2.64. The van der Waals surface area contributed by atoms with Gasteiger partial charge in [0.05, 0.1) is 16.8 Å². The number of benzene rings is 1. The topological polar surface area (TPSA) is 48.8 Å². The summed E-state index contributed by atoms with van der Waals surface area (Å²) >= 11 is 0. The van der Waals surface area contributed by atoms with E-state index in [0.29, 0.717) is 22.5 Å². The lowest BCUT2D eigenvalue weighted by Gasteiger charge is -2.09. The van der Waals surface area contributed by atoms with Gasteiger partial charge in [-0.15, -0.1) is 0 Å². The standard InChI is InChI=1S/C14H13F3N4/c1-20-7-9(11-6-12(18)19-21(11)2)8-4-3-5-10(13(8)20)14(15,16)17/h3-7H,1-2H3,(H2,18,19). The number of hydrogen-bond acceptors (Lipinski definition) is 2. The number of nitrogens with two attached hydrogens (primary N) is 1. The Kier molecular flexibility index (Phi) is 2.76. The summed E-state index contributed by atoms with van der Waals surface area (Å²) in [6.45, 7) is 0. The molecule has 110 valence electrons. The minimum absolute atomic E-state index is 0.153. The maximum Gasteiger partial charge on any atom is 0.418 e. The highest BCUT2D eigenvalue weighted by molar-refractivity contribution is 5.97. The van der Waals surface area contributed by atoms with E-state index in [9.17, 15) is 13.2 Å². The van der Waals surface area contributed by atoms with E-state index in [1.807, 2.05) is 0 Å². The van der Waals surface area contributed by atoms with E-state index in [0.717, 1.165) is 6.07 Å². The van der Waals surface area contributed by atoms with Crippen LogP contribution in [0.2, 0.25) is 0 Å². The average molecular weight is 294 g/mol. The molecule has 0 saturated carbocycles. The Hall–Kier alpha value is -2.44. The van der Waals surface area contributed by atoms with Gasteiger partial charge in [0.2, 0.25) is 0 Å². The first-order chi connectivity index (χ1) is 9.79. The van der Waals surface area contributed by atoms with Gasteiger partial charge in [-0.2, -0.15) is 18.3 Å². The molecule has 2 N–H and O–H groups in total. The second-order valence-corrected chi connectivity index (χ2v) is 4.93. The molecule has 0 aliphatic rings. The second kappa shape index (κ2) is 4.28. The monoisotopic (exact) mass is 294 g/mol. The molecule has 0 fully saturated rings. The smallest absolute Gasteiger partial charge is 0.382 e. The molecule has 0 saturated heterocycles. The molecule has 1 aromatic carbocycles. The average Bonchev–Trinajstić information content (AvgIpc) is 2.88. The normalized spacial score (nSPS) is 12.2. The lowest BCUT2D eigenvalue weighted by Crippen LogP contribution is -2.07. The number of aryl methyl sites for hydroxylation is 2. The molecule has 0 aliphatic heterocycles. The first-order valence-electron chi connectivity index (χ1n) is 6.24. The fourth-order valence-corrected chi connectivity index (χ4v) is 2.64. The van der Waals surface area contributed by atoms with E-state index in [2.05, 4.69) is 5.10 Å². The Morgan fingerprint density at radius 3 is 2.48 bits per heavy atom. The molecule has 7 heteroatoms. The molecule has 0 atom stereocenters. The number of alkyl halides is 3. The predicted octanol–water partition coefficient (Wildman–Crippen LogP) is 3.18. The van der Waals surface area contributed by atoms with E-state index < -0.39 is 11.7 Å². The summed E-state index contributed by atoms with van der Waals surface area (Å²) in [7, 11) is 3.30. The summed E-state index contributed by atoms with van der Waals surface area (Å²) in [6.07, 6.45) is -2.73. The van der Waals surface area contributed by atoms with Crippen LogP contribution in [0, 0.1) is 0 Å². The molecule has 2 heterocycles. The van der Waals surface area contributed by atoms with Crippen molar-refractivity contribution < 1.29 is 13.2 Å². The van der Waals surface area contributed by atoms with Crippen molar-refractivity contribution in [3.05, 3.63) is 36.0 Å². The summed E-state index contributed by atoms with van der Waals surface area (Å²) in [5.41, 5.74) is 6.50. The Morgan fingerprint density at radius 2 is 1.90 bits per heavy atom. The van der Waals surface area contributed by atoms with Gasteiger partial charge in [-0.25, -0.2) is 0 Å². The molecule has 4 nitrogen and oxygen atoms in total. The zero-order valence-corrected chi connectivity index (χ0v) is 11.4. The van der Waals surface area contributed by atoms with Crippen LogP contribution in [0.1, 0.15) is 5.56 Å². The second-order valence-electron chi connectivity index (χ2n) is 4.93. The number of nitrogen functional groups attached to an aromatic ring is 1. The van der Waals surface area contributed by atoms with Crippen LogP contribution in [0.4, 0.5) is 19.0 Å². The van der Waals surface area contributed by atoms with Crippen molar-refractivity contribution in [3.8, 4) is 11.3 Å². The van der Waals surface area contributed by atoms with Gasteiger partial charge in [0.15, 0.2) is 0 Å². The van der Waals surface area contributed by atoms with Crippen molar-refractivity contribution in [2.24, 2.45) is 14.1 Å². The zero-order valence-electron chi connectivity index (χ0n) is 11.4. The molecule has 0 unspecified atom stereocenters. The maximum atomic E-state index is 13.1. The van der Waals surface area contributed by atoms with E-state index in [4.69, 9.17) is 5.73 Å². The zero-order chi connectivity index (χ0) is 15.4. The first kappa shape index (κ1) is 13.5. The summed E-state index contributed by atoms with van der Waals surface area (Å²) in [5, 5.41) is 4.56. The number of fused-ring (bicyclic) bond motifs is 1. The minimum atomic E-state index is -4.39. The molecule has 0 radical (unpaired) electrons. The Bertz CT molecular complexity index is 827. The maximum absolute atomic E-state index is 13.1. The third-order valence-electron chi connectivity index (χ3n) is 3.48. The fraction of sp³-hybridized carbons (Fsp3) is 0.214. The number of rotatable bonds is 1. The molecule has 0 bridgehead atoms. The van der Waals surface area contributed by atoms with Gasteiger partial charge >= 0.3 is 6.18 Å². The molecule has 21 heavy (non-hydrogen) atoms. The molecule has 3 aromatic rings. The minimum Gasteiger partial charge on any atom is -0.382 e. The molecule has 0 amide bonds. The molecule has 3 rings (SSSR count). The highest BCUT2D eigenvalue weighted by Gasteiger charge is 2.34. The van der Waals surface area contributed by atoms with Crippen LogP contribution < -0.4 is 5.73 Å². The van der Waals surface area contributed by atoms with Crippen molar-refractivity contribution >= 4 is 16.7 Å². The van der Waals surface area contributed by atoms with Crippen LogP contribution in [0.25, 0.3) is 22.2 Å². The summed E-state index contributed by atoms with van der Waals surface area (Å²) < 4.78 is 42.5. The van der Waals surface area contributed by atoms with Gasteiger partial charge < -0.3 is 10.3 Å². The van der Waals surface area contributed by atoms with E-state index >= 15 is 0 Å². The van der Waals surface area contributed by atoms with Crippen LogP contribution in [0.15, 0.2) is 30.5 Å². The van der Waals surface area contributed by atoms with E-state index in [1.54, 1.807) is 37.1 Å². The number of hydrogen-bond donors (Lipinski definition) is 1. The van der Waals surface area contributed by atoms with Crippen molar-refractivity contribution in [2.75, 3.05) is 5.73 Å². The lowest BCUT2D eigenvalue weighted by molar-refractivity contribution is -0.136. The Labute approximate surface area is 118 Å². The summed E-state index contributed by atoms with van der Waals surface area (Å²) in [4.78, 5) is 0. The van der Waals surface area contributed by atoms with Crippen LogP contribution >= 0.6 is 0 Å². The van der Waals surface area contributed by atoms with Crippen LogP contribution in [-0.4, -0.2) is 14.3 Å². The number of anilines is 1. The quantitative estimate of drug-likeness (QED) is 0.749. The van der Waals surface area contributed by atoms with Crippen molar-refractivity contribution in [3.63, 3.8) is 0 Å². The lowest BCUT2D eigenvalue weighted by atomic mass is 10.1. The van der Waals surface area contributed by atoms with Gasteiger partial charge in [-0.1, -0.05) is 12.1 Å². The van der Waals surface area contributed by atoms with Crippen molar-refractivity contribution in [1.82, 2.24) is 14.3 Å².